The van der Waals surface area contributed by atoms with Crippen molar-refractivity contribution in [2.45, 2.75) is 27.1 Å². The first kappa shape index (κ1) is 18.6. The number of benzene rings is 3. The number of rotatable bonds is 4. The standard InChI is InChI=1S/C16H18O.C6H6O2/c1-13-7-3-5-9-15(13)11-17-12-16-10-6-4-8-14(16)2;7-5-1-2-6(8)4-3-5/h3-10H,11-12H2,1-2H3;1-4,7-8H. The molecule has 3 rings (SSSR count). The van der Waals surface area contributed by atoms with Crippen molar-refractivity contribution in [3.8, 4) is 11.5 Å². The summed E-state index contributed by atoms with van der Waals surface area (Å²) in [5.74, 6) is 0.339. The first-order chi connectivity index (χ1) is 12.1. The molecule has 0 bridgehead atoms. The van der Waals surface area contributed by atoms with Crippen LogP contribution in [0.15, 0.2) is 72.8 Å². The van der Waals surface area contributed by atoms with E-state index >= 15 is 0 Å². The number of hydrogen-bond donors (Lipinski definition) is 2. The fourth-order valence-corrected chi connectivity index (χ4v) is 2.27. The fourth-order valence-electron chi connectivity index (χ4n) is 2.27. The molecular formula is C22H24O3. The van der Waals surface area contributed by atoms with E-state index in [0.29, 0.717) is 13.2 Å². The number of hydrogen-bond acceptors (Lipinski definition) is 3. The molecule has 0 aromatic heterocycles. The number of ether oxygens (including phenoxy) is 1. The lowest BCUT2D eigenvalue weighted by Gasteiger charge is -2.08. The number of phenols is 2. The van der Waals surface area contributed by atoms with Gasteiger partial charge in [0.25, 0.3) is 0 Å². The summed E-state index contributed by atoms with van der Waals surface area (Å²) in [6.45, 7) is 5.60. The van der Waals surface area contributed by atoms with Crippen LogP contribution in [0, 0.1) is 13.8 Å². The molecule has 0 unspecified atom stereocenters. The Kier molecular flexibility index (Phi) is 7.05. The summed E-state index contributed by atoms with van der Waals surface area (Å²) in [5, 5.41) is 17.3. The smallest absolute Gasteiger partial charge is 0.115 e. The molecule has 0 fully saturated rings. The molecule has 0 saturated carbocycles. The molecule has 0 atom stereocenters. The normalized spacial score (nSPS) is 10.0. The van der Waals surface area contributed by atoms with Crippen molar-refractivity contribution in [3.05, 3.63) is 95.1 Å². The summed E-state index contributed by atoms with van der Waals surface area (Å²) < 4.78 is 5.77. The maximum absolute atomic E-state index is 8.65. The first-order valence-corrected chi connectivity index (χ1v) is 8.21. The lowest BCUT2D eigenvalue weighted by molar-refractivity contribution is 0.106. The van der Waals surface area contributed by atoms with Crippen LogP contribution in [0.2, 0.25) is 0 Å². The molecule has 0 aliphatic rings. The molecule has 0 spiro atoms. The van der Waals surface area contributed by atoms with E-state index in [0.717, 1.165) is 0 Å². The van der Waals surface area contributed by atoms with Gasteiger partial charge in [-0.25, -0.2) is 0 Å². The highest BCUT2D eigenvalue weighted by molar-refractivity contribution is 5.29. The van der Waals surface area contributed by atoms with E-state index in [-0.39, 0.29) is 11.5 Å². The second-order valence-electron chi connectivity index (χ2n) is 5.86. The highest BCUT2D eigenvalue weighted by Crippen LogP contribution is 2.13. The van der Waals surface area contributed by atoms with Gasteiger partial charge in [-0.1, -0.05) is 48.5 Å². The molecule has 3 aromatic rings. The van der Waals surface area contributed by atoms with Crippen LogP contribution in [0.3, 0.4) is 0 Å². The Morgan fingerprint density at radius 1 is 0.600 bits per heavy atom. The van der Waals surface area contributed by atoms with Gasteiger partial charge in [0.05, 0.1) is 13.2 Å². The van der Waals surface area contributed by atoms with Crippen LogP contribution >= 0.6 is 0 Å². The Morgan fingerprint density at radius 2 is 0.960 bits per heavy atom. The molecule has 130 valence electrons. The summed E-state index contributed by atoms with van der Waals surface area (Å²) >= 11 is 0. The van der Waals surface area contributed by atoms with E-state index in [1.807, 2.05) is 0 Å². The summed E-state index contributed by atoms with van der Waals surface area (Å²) in [6.07, 6.45) is 0. The summed E-state index contributed by atoms with van der Waals surface area (Å²) in [4.78, 5) is 0. The molecule has 25 heavy (non-hydrogen) atoms. The van der Waals surface area contributed by atoms with Gasteiger partial charge in [0.2, 0.25) is 0 Å². The average molecular weight is 336 g/mol. The van der Waals surface area contributed by atoms with E-state index in [4.69, 9.17) is 14.9 Å². The zero-order valence-corrected chi connectivity index (χ0v) is 14.6. The minimum atomic E-state index is 0.169. The molecule has 3 nitrogen and oxygen atoms in total. The maximum atomic E-state index is 8.65. The van der Waals surface area contributed by atoms with Crippen molar-refractivity contribution in [2.24, 2.45) is 0 Å². The van der Waals surface area contributed by atoms with Gasteiger partial charge >= 0.3 is 0 Å². The molecule has 2 N–H and O–H groups in total. The molecule has 0 saturated heterocycles. The van der Waals surface area contributed by atoms with Gasteiger partial charge < -0.3 is 14.9 Å². The van der Waals surface area contributed by atoms with Gasteiger partial charge in [0, 0.05) is 0 Å². The van der Waals surface area contributed by atoms with Crippen LogP contribution in [0.4, 0.5) is 0 Å². The lowest BCUT2D eigenvalue weighted by atomic mass is 10.1. The Bertz CT molecular complexity index is 713. The Morgan fingerprint density at radius 3 is 1.32 bits per heavy atom. The lowest BCUT2D eigenvalue weighted by Crippen LogP contribution is -1.97. The third-order valence-corrected chi connectivity index (χ3v) is 3.89. The minimum absolute atomic E-state index is 0.169. The molecular weight excluding hydrogens is 312 g/mol. The van der Waals surface area contributed by atoms with Crippen molar-refractivity contribution in [1.82, 2.24) is 0 Å². The van der Waals surface area contributed by atoms with E-state index < -0.39 is 0 Å². The zero-order valence-electron chi connectivity index (χ0n) is 14.6. The van der Waals surface area contributed by atoms with Gasteiger partial charge in [-0.2, -0.15) is 0 Å². The Hall–Kier alpha value is -2.78. The fraction of sp³-hybridized carbons (Fsp3) is 0.182. The highest BCUT2D eigenvalue weighted by Gasteiger charge is 1.99. The summed E-state index contributed by atoms with van der Waals surface area (Å²) in [5.41, 5.74) is 5.11. The zero-order chi connectivity index (χ0) is 18.1. The minimum Gasteiger partial charge on any atom is -0.508 e. The van der Waals surface area contributed by atoms with Gasteiger partial charge in [-0.05, 0) is 60.4 Å². The number of aryl methyl sites for hydroxylation is 2. The maximum Gasteiger partial charge on any atom is 0.115 e. The molecule has 0 heterocycles. The Labute approximate surface area is 149 Å². The topological polar surface area (TPSA) is 49.7 Å². The van der Waals surface area contributed by atoms with Crippen LogP contribution in [0.25, 0.3) is 0 Å². The monoisotopic (exact) mass is 336 g/mol. The second-order valence-corrected chi connectivity index (χ2v) is 5.86. The van der Waals surface area contributed by atoms with Crippen molar-refractivity contribution in [1.29, 1.82) is 0 Å². The van der Waals surface area contributed by atoms with Crippen LogP contribution in [-0.2, 0) is 18.0 Å². The quantitative estimate of drug-likeness (QED) is 0.650. The van der Waals surface area contributed by atoms with Gasteiger partial charge in [-0.15, -0.1) is 0 Å². The second kappa shape index (κ2) is 9.50. The molecule has 3 heteroatoms. The molecule has 0 radical (unpaired) electrons. The predicted molar refractivity (Wildman–Crippen MR) is 101 cm³/mol. The third kappa shape index (κ3) is 6.32. The van der Waals surface area contributed by atoms with Gasteiger partial charge in [0.1, 0.15) is 11.5 Å². The Balaban J connectivity index is 0.000000236. The predicted octanol–water partition coefficient (Wildman–Crippen LogP) is 5.12. The van der Waals surface area contributed by atoms with Crippen LogP contribution in [0.1, 0.15) is 22.3 Å². The van der Waals surface area contributed by atoms with Crippen LogP contribution < -0.4 is 0 Å². The van der Waals surface area contributed by atoms with Gasteiger partial charge in [0.15, 0.2) is 0 Å². The summed E-state index contributed by atoms with van der Waals surface area (Å²) in [7, 11) is 0. The molecule has 0 amide bonds. The van der Waals surface area contributed by atoms with E-state index in [2.05, 4.69) is 62.4 Å². The van der Waals surface area contributed by atoms with E-state index in [9.17, 15) is 0 Å². The first-order valence-electron chi connectivity index (χ1n) is 8.21. The van der Waals surface area contributed by atoms with E-state index in [1.54, 1.807) is 0 Å². The number of phenolic OH excluding ortho intramolecular Hbond substituents is 2. The van der Waals surface area contributed by atoms with Crippen molar-refractivity contribution >= 4 is 0 Å². The summed E-state index contributed by atoms with van der Waals surface area (Å²) in [6, 6.07) is 22.4. The molecule has 3 aromatic carbocycles. The van der Waals surface area contributed by atoms with Crippen molar-refractivity contribution in [2.75, 3.05) is 0 Å². The van der Waals surface area contributed by atoms with Crippen molar-refractivity contribution < 1.29 is 14.9 Å². The molecule has 0 aliphatic heterocycles. The largest absolute Gasteiger partial charge is 0.508 e. The van der Waals surface area contributed by atoms with Crippen LogP contribution in [0.5, 0.6) is 11.5 Å². The SMILES string of the molecule is Cc1ccccc1COCc1ccccc1C.Oc1ccc(O)cc1. The third-order valence-electron chi connectivity index (χ3n) is 3.89. The van der Waals surface area contributed by atoms with E-state index in [1.165, 1.54) is 46.5 Å². The van der Waals surface area contributed by atoms with Crippen LogP contribution in [-0.4, -0.2) is 10.2 Å². The highest BCUT2D eigenvalue weighted by atomic mass is 16.5. The number of aromatic hydroxyl groups is 2. The van der Waals surface area contributed by atoms with Crippen molar-refractivity contribution in [3.63, 3.8) is 0 Å². The molecule has 0 aliphatic carbocycles. The average Bonchev–Trinajstić information content (AvgIpc) is 2.61. The van der Waals surface area contributed by atoms with Gasteiger partial charge in [-0.3, -0.25) is 0 Å².